The van der Waals surface area contributed by atoms with Crippen molar-refractivity contribution in [1.29, 1.82) is 0 Å². The van der Waals surface area contributed by atoms with Gasteiger partial charge in [0.25, 0.3) is 0 Å². The molecule has 2 rings (SSSR count). The van der Waals surface area contributed by atoms with E-state index in [4.69, 9.17) is 0 Å². The summed E-state index contributed by atoms with van der Waals surface area (Å²) in [6.07, 6.45) is 2.53. The highest BCUT2D eigenvalue weighted by Crippen LogP contribution is 2.36. The van der Waals surface area contributed by atoms with Crippen LogP contribution < -0.4 is 4.90 Å². The van der Waals surface area contributed by atoms with E-state index in [0.717, 1.165) is 6.42 Å². The number of fused-ring (bicyclic) bond motifs is 1. The Labute approximate surface area is 124 Å². The second-order valence-corrected chi connectivity index (χ2v) is 5.08. The second kappa shape index (κ2) is 6.43. The van der Waals surface area contributed by atoms with Crippen LogP contribution in [0, 0.1) is 0 Å². The lowest BCUT2D eigenvalue weighted by atomic mass is 10.0. The molecule has 0 aromatic heterocycles. The van der Waals surface area contributed by atoms with Crippen molar-refractivity contribution < 1.29 is 14.7 Å². The minimum Gasteiger partial charge on any atom is -0.481 e. The summed E-state index contributed by atoms with van der Waals surface area (Å²) in [7, 11) is 0. The fourth-order valence-electron chi connectivity index (χ4n) is 2.66. The number of carbonyl (C=O) groups is 2. The third-order valence-electron chi connectivity index (χ3n) is 3.61. The minimum atomic E-state index is -0.900. The van der Waals surface area contributed by atoms with Gasteiger partial charge in [0.05, 0.1) is 0 Å². The molecule has 5 nitrogen and oxygen atoms in total. The molecule has 1 atom stereocenters. The van der Waals surface area contributed by atoms with E-state index in [1.54, 1.807) is 34.1 Å². The molecule has 0 saturated carbocycles. The Hall–Kier alpha value is -2.30. The summed E-state index contributed by atoms with van der Waals surface area (Å²) >= 11 is 0. The van der Waals surface area contributed by atoms with Gasteiger partial charge in [-0.15, -0.1) is 6.58 Å². The van der Waals surface area contributed by atoms with E-state index in [1.807, 2.05) is 13.0 Å². The highest BCUT2D eigenvalue weighted by Gasteiger charge is 2.37. The van der Waals surface area contributed by atoms with Gasteiger partial charge in [0, 0.05) is 25.3 Å². The molecule has 0 fully saturated rings. The quantitative estimate of drug-likeness (QED) is 0.847. The molecule has 1 unspecified atom stereocenters. The first-order valence-corrected chi connectivity index (χ1v) is 7.09. The van der Waals surface area contributed by atoms with Crippen LogP contribution in [-0.4, -0.2) is 41.6 Å². The third kappa shape index (κ3) is 2.91. The summed E-state index contributed by atoms with van der Waals surface area (Å²) in [4.78, 5) is 27.3. The first-order valence-electron chi connectivity index (χ1n) is 7.09. The summed E-state index contributed by atoms with van der Waals surface area (Å²) < 4.78 is 0. The lowest BCUT2D eigenvalue weighted by molar-refractivity contribution is -0.138. The van der Waals surface area contributed by atoms with Crippen LogP contribution in [0.25, 0.3) is 0 Å². The van der Waals surface area contributed by atoms with Crippen molar-refractivity contribution in [2.75, 3.05) is 24.5 Å². The van der Waals surface area contributed by atoms with Gasteiger partial charge in [-0.1, -0.05) is 31.2 Å². The zero-order valence-corrected chi connectivity index (χ0v) is 12.2. The molecule has 0 bridgehead atoms. The predicted molar refractivity (Wildman–Crippen MR) is 81.6 cm³/mol. The Morgan fingerprint density at radius 3 is 2.81 bits per heavy atom. The average Bonchev–Trinajstić information content (AvgIpc) is 2.86. The zero-order chi connectivity index (χ0) is 15.4. The highest BCUT2D eigenvalue weighted by atomic mass is 16.4. The predicted octanol–water partition coefficient (Wildman–Crippen LogP) is 2.69. The molecule has 21 heavy (non-hydrogen) atoms. The number of hydrogen-bond acceptors (Lipinski definition) is 2. The van der Waals surface area contributed by atoms with Crippen LogP contribution in [-0.2, 0) is 4.79 Å². The van der Waals surface area contributed by atoms with Crippen LogP contribution in [0.5, 0.6) is 0 Å². The van der Waals surface area contributed by atoms with Crippen LogP contribution in [0.4, 0.5) is 10.5 Å². The van der Waals surface area contributed by atoms with E-state index >= 15 is 0 Å². The number of benzene rings is 1. The molecule has 1 heterocycles. The molecule has 1 N–H and O–H groups in total. The maximum atomic E-state index is 12.7. The number of carbonyl (C=O) groups excluding carboxylic acids is 1. The number of amides is 2. The van der Waals surface area contributed by atoms with Crippen LogP contribution in [0.1, 0.15) is 24.8 Å². The molecule has 1 aliphatic rings. The number of carboxylic acids is 1. The van der Waals surface area contributed by atoms with Gasteiger partial charge in [0.1, 0.15) is 5.92 Å². The second-order valence-electron chi connectivity index (χ2n) is 5.08. The molecule has 0 aliphatic carbocycles. The average molecular weight is 288 g/mol. The van der Waals surface area contributed by atoms with E-state index in [9.17, 15) is 14.7 Å². The Balaban J connectivity index is 2.30. The molecule has 0 saturated heterocycles. The summed E-state index contributed by atoms with van der Waals surface area (Å²) in [5.74, 6) is -1.55. The molecule has 1 aromatic rings. The van der Waals surface area contributed by atoms with Crippen molar-refractivity contribution in [3.8, 4) is 0 Å². The van der Waals surface area contributed by atoms with Crippen molar-refractivity contribution in [2.45, 2.75) is 19.3 Å². The monoisotopic (exact) mass is 288 g/mol. The lowest BCUT2D eigenvalue weighted by Gasteiger charge is -2.27. The minimum absolute atomic E-state index is 0.159. The van der Waals surface area contributed by atoms with Crippen LogP contribution in [0.3, 0.4) is 0 Å². The number of carboxylic acid groups (broad SMARTS) is 1. The van der Waals surface area contributed by atoms with Crippen molar-refractivity contribution >= 4 is 17.7 Å². The first kappa shape index (κ1) is 15.1. The molecule has 0 spiro atoms. The third-order valence-corrected chi connectivity index (χ3v) is 3.61. The lowest BCUT2D eigenvalue weighted by Crippen LogP contribution is -2.43. The van der Waals surface area contributed by atoms with Crippen LogP contribution in [0.15, 0.2) is 36.9 Å². The largest absolute Gasteiger partial charge is 0.481 e. The van der Waals surface area contributed by atoms with Crippen molar-refractivity contribution in [2.24, 2.45) is 0 Å². The topological polar surface area (TPSA) is 60.9 Å². The van der Waals surface area contributed by atoms with Crippen molar-refractivity contribution in [3.63, 3.8) is 0 Å². The Bertz CT molecular complexity index is 556. The molecular weight excluding hydrogens is 268 g/mol. The van der Waals surface area contributed by atoms with Gasteiger partial charge in [0.2, 0.25) is 0 Å². The maximum Gasteiger partial charge on any atom is 0.324 e. The fraction of sp³-hybridized carbons (Fsp3) is 0.375. The molecule has 0 radical (unpaired) electrons. The summed E-state index contributed by atoms with van der Waals surface area (Å²) in [6, 6.07) is 7.04. The molecule has 5 heteroatoms. The number of rotatable bonds is 5. The normalized spacial score (nSPS) is 16.4. The first-order chi connectivity index (χ1) is 10.1. The smallest absolute Gasteiger partial charge is 0.324 e. The molecule has 1 aromatic carbocycles. The van der Waals surface area contributed by atoms with Gasteiger partial charge in [-0.25, -0.2) is 4.79 Å². The van der Waals surface area contributed by atoms with Gasteiger partial charge in [-0.2, -0.15) is 0 Å². The van der Waals surface area contributed by atoms with Crippen LogP contribution >= 0.6 is 0 Å². The number of aliphatic carboxylic acids is 1. The molecular formula is C16H20N2O3. The van der Waals surface area contributed by atoms with Crippen molar-refractivity contribution in [3.05, 3.63) is 42.5 Å². The summed E-state index contributed by atoms with van der Waals surface area (Å²) in [5, 5.41) is 9.34. The van der Waals surface area contributed by atoms with Crippen molar-refractivity contribution in [1.82, 2.24) is 4.90 Å². The fourth-order valence-corrected chi connectivity index (χ4v) is 2.66. The number of hydrogen-bond donors (Lipinski definition) is 1. The number of anilines is 1. The number of urea groups is 1. The summed E-state index contributed by atoms with van der Waals surface area (Å²) in [5.41, 5.74) is 1.40. The Kier molecular flexibility index (Phi) is 4.62. The van der Waals surface area contributed by atoms with E-state index in [-0.39, 0.29) is 12.6 Å². The van der Waals surface area contributed by atoms with Gasteiger partial charge < -0.3 is 10.0 Å². The SMILES string of the molecule is C=CCN(CCC)C(=O)N1CC(C(=O)O)c2ccccc21. The number of nitrogens with zero attached hydrogens (tertiary/aromatic N) is 2. The van der Waals surface area contributed by atoms with E-state index in [2.05, 4.69) is 6.58 Å². The Morgan fingerprint density at radius 1 is 1.48 bits per heavy atom. The van der Waals surface area contributed by atoms with Gasteiger partial charge in [0.15, 0.2) is 0 Å². The summed E-state index contributed by atoms with van der Waals surface area (Å²) in [6.45, 7) is 6.95. The molecule has 2 amide bonds. The molecule has 112 valence electrons. The van der Waals surface area contributed by atoms with E-state index in [1.165, 1.54) is 0 Å². The van der Waals surface area contributed by atoms with E-state index < -0.39 is 11.9 Å². The zero-order valence-electron chi connectivity index (χ0n) is 12.2. The number of para-hydroxylation sites is 1. The van der Waals surface area contributed by atoms with E-state index in [0.29, 0.717) is 24.3 Å². The standard InChI is InChI=1S/C16H20N2O3/c1-3-9-17(10-4-2)16(21)18-11-13(15(19)20)12-7-5-6-8-14(12)18/h3,5-8,13H,1,4,9-11H2,2H3,(H,19,20). The highest BCUT2D eigenvalue weighted by molar-refractivity contribution is 5.98. The molecule has 1 aliphatic heterocycles. The Morgan fingerprint density at radius 2 is 2.19 bits per heavy atom. The van der Waals surface area contributed by atoms with Crippen LogP contribution in [0.2, 0.25) is 0 Å². The van der Waals surface area contributed by atoms with Gasteiger partial charge in [-0.05, 0) is 18.1 Å². The van der Waals surface area contributed by atoms with Gasteiger partial charge in [-0.3, -0.25) is 9.69 Å². The maximum absolute atomic E-state index is 12.7. The van der Waals surface area contributed by atoms with Gasteiger partial charge >= 0.3 is 12.0 Å².